The molecule has 4 rings (SSSR count). The number of anilines is 4. The summed E-state index contributed by atoms with van der Waals surface area (Å²) >= 11 is 0. The van der Waals surface area contributed by atoms with E-state index in [4.69, 9.17) is 0 Å². The van der Waals surface area contributed by atoms with Crippen molar-refractivity contribution in [1.29, 1.82) is 0 Å². The Kier molecular flexibility index (Phi) is 22.1. The number of allylic oxidation sites excluding steroid dienone is 27. The third-order valence-electron chi connectivity index (χ3n) is 11.6. The van der Waals surface area contributed by atoms with Crippen molar-refractivity contribution in [2.24, 2.45) is 0 Å². The summed E-state index contributed by atoms with van der Waals surface area (Å²) < 4.78 is 0. The van der Waals surface area contributed by atoms with E-state index in [-0.39, 0.29) is 0 Å². The molecule has 0 fully saturated rings. The van der Waals surface area contributed by atoms with E-state index in [1.54, 1.807) is 12.2 Å². The first-order valence-corrected chi connectivity index (χ1v) is 23.7. The van der Waals surface area contributed by atoms with Gasteiger partial charge in [0.2, 0.25) is 0 Å². The van der Waals surface area contributed by atoms with Crippen molar-refractivity contribution in [1.82, 2.24) is 0 Å². The van der Waals surface area contributed by atoms with E-state index < -0.39 is 0 Å². The van der Waals surface area contributed by atoms with Gasteiger partial charge >= 0.3 is 0 Å². The first kappa shape index (κ1) is 53.7. The summed E-state index contributed by atoms with van der Waals surface area (Å²) in [6, 6.07) is 40.1. The summed E-state index contributed by atoms with van der Waals surface area (Å²) in [7, 11) is 0. The summed E-state index contributed by atoms with van der Waals surface area (Å²) in [5, 5.41) is 0. The van der Waals surface area contributed by atoms with Crippen LogP contribution < -0.4 is 14.7 Å². The number of rotatable bonds is 22. The molecule has 69 heavy (non-hydrogen) atoms. The fourth-order valence-corrected chi connectivity index (χ4v) is 7.44. The topological polar surface area (TPSA) is 9.72 Å². The highest BCUT2D eigenvalue weighted by Crippen LogP contribution is 2.32. The summed E-state index contributed by atoms with van der Waals surface area (Å²) in [5.74, 6) is 0. The Hall–Kier alpha value is -7.88. The molecule has 4 aromatic rings. The molecular weight excluding hydrogens is 835 g/mol. The monoisotopic (exact) mass is 908 g/mol. The predicted molar refractivity (Wildman–Crippen MR) is 306 cm³/mol. The second-order valence-corrected chi connectivity index (χ2v) is 16.9. The maximum absolute atomic E-state index is 4.01. The number of benzene rings is 4. The number of para-hydroxylation sites is 3. The molecule has 0 saturated carbocycles. The lowest BCUT2D eigenvalue weighted by molar-refractivity contribution is 1.09. The highest BCUT2D eigenvalue weighted by atomic mass is 15.2. The van der Waals surface area contributed by atoms with Gasteiger partial charge in [0.15, 0.2) is 0 Å². The number of nitrogens with zero attached hydrogens (tertiary/aromatic N) is 3. The van der Waals surface area contributed by atoms with Gasteiger partial charge in [0, 0.05) is 51.2 Å². The van der Waals surface area contributed by atoms with E-state index in [1.807, 2.05) is 36.4 Å². The Morgan fingerprint density at radius 3 is 1.29 bits per heavy atom. The van der Waals surface area contributed by atoms with Crippen molar-refractivity contribution < 1.29 is 0 Å². The first-order chi connectivity index (χ1) is 33.3. The maximum Gasteiger partial charge on any atom is 0.0460 e. The van der Waals surface area contributed by atoms with Crippen LogP contribution in [0.25, 0.3) is 0 Å². The fraction of sp³-hybridized carbons (Fsp3) is 0.152. The van der Waals surface area contributed by atoms with Crippen LogP contribution >= 0.6 is 0 Å². The van der Waals surface area contributed by atoms with E-state index in [9.17, 15) is 0 Å². The predicted octanol–water partition coefficient (Wildman–Crippen LogP) is 19.0. The molecular formula is C66H73N3. The van der Waals surface area contributed by atoms with Crippen LogP contribution in [0.3, 0.4) is 0 Å². The Morgan fingerprint density at radius 2 is 0.826 bits per heavy atom. The molecule has 3 nitrogen and oxygen atoms in total. The zero-order valence-corrected chi connectivity index (χ0v) is 42.8. The van der Waals surface area contributed by atoms with Gasteiger partial charge < -0.3 is 14.7 Å². The van der Waals surface area contributed by atoms with Crippen LogP contribution in [0.15, 0.2) is 306 Å². The van der Waals surface area contributed by atoms with Crippen molar-refractivity contribution >= 4 is 22.7 Å². The average molecular weight is 908 g/mol. The van der Waals surface area contributed by atoms with Crippen LogP contribution in [0.4, 0.5) is 22.7 Å². The molecule has 0 radical (unpaired) electrons. The molecule has 0 saturated heterocycles. The molecule has 3 heteroatoms. The summed E-state index contributed by atoms with van der Waals surface area (Å²) in [6.07, 6.45) is 37.6. The van der Waals surface area contributed by atoms with Crippen LogP contribution in [0.2, 0.25) is 0 Å². The molecule has 4 aromatic carbocycles. The quantitative estimate of drug-likeness (QED) is 0.0728. The molecule has 0 spiro atoms. The van der Waals surface area contributed by atoms with Gasteiger partial charge in [-0.3, -0.25) is 0 Å². The Labute approximate surface area is 416 Å². The van der Waals surface area contributed by atoms with Crippen molar-refractivity contribution in [3.05, 3.63) is 312 Å². The third kappa shape index (κ3) is 16.4. The number of hydrogen-bond acceptors (Lipinski definition) is 3. The molecule has 352 valence electrons. The zero-order chi connectivity index (χ0) is 50.1. The van der Waals surface area contributed by atoms with Crippen LogP contribution in [0.5, 0.6) is 0 Å². The second-order valence-electron chi connectivity index (χ2n) is 16.9. The molecule has 0 atom stereocenters. The average Bonchev–Trinajstić information content (AvgIpc) is 3.36. The lowest BCUT2D eigenvalue weighted by Crippen LogP contribution is -2.19. The maximum atomic E-state index is 4.01. The molecule has 0 N–H and O–H groups in total. The lowest BCUT2D eigenvalue weighted by Gasteiger charge is -2.27. The van der Waals surface area contributed by atoms with Gasteiger partial charge in [0.25, 0.3) is 0 Å². The van der Waals surface area contributed by atoms with Crippen molar-refractivity contribution in [3.8, 4) is 0 Å². The van der Waals surface area contributed by atoms with Gasteiger partial charge in [-0.2, -0.15) is 0 Å². The minimum absolute atomic E-state index is 0.978. The fourth-order valence-electron chi connectivity index (χ4n) is 7.44. The first-order valence-electron chi connectivity index (χ1n) is 23.7. The van der Waals surface area contributed by atoms with Gasteiger partial charge in [0.05, 0.1) is 0 Å². The number of hydrogen-bond donors (Lipinski definition) is 0. The van der Waals surface area contributed by atoms with Crippen LogP contribution in [-0.4, -0.2) is 0 Å². The van der Waals surface area contributed by atoms with E-state index in [0.29, 0.717) is 0 Å². The third-order valence-corrected chi connectivity index (χ3v) is 11.6. The minimum Gasteiger partial charge on any atom is -0.315 e. The molecule has 0 amide bonds. The van der Waals surface area contributed by atoms with E-state index >= 15 is 0 Å². The van der Waals surface area contributed by atoms with E-state index in [2.05, 4.69) is 280 Å². The van der Waals surface area contributed by atoms with Gasteiger partial charge in [-0.1, -0.05) is 159 Å². The van der Waals surface area contributed by atoms with Crippen molar-refractivity contribution in [2.45, 2.75) is 69.2 Å². The largest absolute Gasteiger partial charge is 0.315 e. The molecule has 0 unspecified atom stereocenters. The smallest absolute Gasteiger partial charge is 0.0460 e. The Balaban J connectivity index is 1.80. The standard InChI is InChI=1S/C66H73N3/c1-14-18-32-61(17-4)67(63-34-23-20-24-35-63)57(11)46-43-54(8)52(6)41-42-53(7)55(9)45-48-60(50-59(13)69(65-38-27-22-28-39-65)66-40-29-31-51(5)49-66)56(10)44-47-58(12)68(64-36-25-21-26-37-64)62(30-16-3)33-19-15-2/h14-50H,1-3H2,4-13H3/b32-18-,33-19-,52-41+,53-42+,54-43+,55-45+,56-44-,57-46+,58-47+,59-50-,60-48+,61-17+,62-30+. The van der Waals surface area contributed by atoms with Crippen LogP contribution in [0.1, 0.15) is 67.9 Å². The normalized spacial score (nSPS) is 14.4. The molecule has 0 bridgehead atoms. The second kappa shape index (κ2) is 28.3. The highest BCUT2D eigenvalue weighted by Gasteiger charge is 2.15. The highest BCUT2D eigenvalue weighted by molar-refractivity contribution is 5.70. The molecule has 0 aliphatic carbocycles. The Bertz CT molecular complexity index is 2780. The lowest BCUT2D eigenvalue weighted by atomic mass is 10.0. The SMILES string of the molecule is C=C/C=C\C(=C/C)N(/C(C)=C/C=C(C)/C(C)=C/C=C(C)/C(C)=C/C=C(\C=C(\C)N(c1ccccc1)c1cccc(C)c1)C(/C)=C\C=C(/C)N(C(/C=C\C=C)=C/C=C)c1ccccc1)c1ccccc1. The zero-order valence-electron chi connectivity index (χ0n) is 42.8. The number of aryl methyl sites for hydroxylation is 1. The van der Waals surface area contributed by atoms with Crippen molar-refractivity contribution in [3.63, 3.8) is 0 Å². The molecule has 0 heterocycles. The van der Waals surface area contributed by atoms with Gasteiger partial charge in [-0.15, -0.1) is 0 Å². The molecule has 0 aromatic heterocycles. The van der Waals surface area contributed by atoms with E-state index in [1.165, 1.54) is 27.9 Å². The summed E-state index contributed by atoms with van der Waals surface area (Å²) in [6.45, 7) is 33.4. The van der Waals surface area contributed by atoms with Crippen molar-refractivity contribution in [2.75, 3.05) is 14.7 Å². The summed E-state index contributed by atoms with van der Waals surface area (Å²) in [4.78, 5) is 6.82. The van der Waals surface area contributed by atoms with Gasteiger partial charge in [0.1, 0.15) is 0 Å². The van der Waals surface area contributed by atoms with E-state index in [0.717, 1.165) is 62.4 Å². The molecule has 0 aliphatic rings. The minimum atomic E-state index is 0.978. The van der Waals surface area contributed by atoms with Gasteiger partial charge in [-0.25, -0.2) is 0 Å². The summed E-state index contributed by atoms with van der Waals surface area (Å²) in [5.41, 5.74) is 17.8. The molecule has 0 aliphatic heterocycles. The van der Waals surface area contributed by atoms with Crippen LogP contribution in [0, 0.1) is 6.92 Å². The van der Waals surface area contributed by atoms with Gasteiger partial charge in [-0.05, 0) is 193 Å². The Morgan fingerprint density at radius 1 is 0.406 bits per heavy atom. The van der Waals surface area contributed by atoms with Crippen LogP contribution in [-0.2, 0) is 0 Å².